The maximum atomic E-state index is 4.91. The van der Waals surface area contributed by atoms with Gasteiger partial charge in [-0.1, -0.05) is 31.3 Å². The van der Waals surface area contributed by atoms with Gasteiger partial charge in [0.25, 0.3) is 0 Å². The number of aliphatic imine (C=N–C) groups is 1. The van der Waals surface area contributed by atoms with E-state index in [9.17, 15) is 0 Å². The van der Waals surface area contributed by atoms with Gasteiger partial charge in [-0.15, -0.1) is 24.0 Å². The molecule has 1 N–H and O–H groups in total. The molecular formula is C18H32IN5O. The zero-order valence-corrected chi connectivity index (χ0v) is 17.8. The molecule has 0 aromatic carbocycles. The average molecular weight is 461 g/mol. The highest BCUT2D eigenvalue weighted by atomic mass is 127. The van der Waals surface area contributed by atoms with Crippen LogP contribution in [0.1, 0.15) is 38.3 Å². The Morgan fingerprint density at radius 1 is 1.28 bits per heavy atom. The highest BCUT2D eigenvalue weighted by Gasteiger charge is 2.24. The van der Waals surface area contributed by atoms with Gasteiger partial charge < -0.3 is 14.7 Å². The first-order chi connectivity index (χ1) is 11.8. The van der Waals surface area contributed by atoms with E-state index in [2.05, 4.69) is 32.2 Å². The van der Waals surface area contributed by atoms with Crippen molar-refractivity contribution in [2.24, 2.45) is 16.8 Å². The van der Waals surface area contributed by atoms with Crippen LogP contribution in [-0.2, 0) is 6.54 Å². The van der Waals surface area contributed by atoms with E-state index in [0.29, 0.717) is 0 Å². The third kappa shape index (κ3) is 5.84. The molecule has 1 aliphatic carbocycles. The summed E-state index contributed by atoms with van der Waals surface area (Å²) in [5, 5.41) is 7.63. The van der Waals surface area contributed by atoms with E-state index in [-0.39, 0.29) is 24.0 Å². The van der Waals surface area contributed by atoms with Gasteiger partial charge in [-0.3, -0.25) is 9.89 Å². The lowest BCUT2D eigenvalue weighted by Crippen LogP contribution is -2.53. The first-order valence-corrected chi connectivity index (χ1v) is 9.33. The van der Waals surface area contributed by atoms with Gasteiger partial charge in [0, 0.05) is 52.4 Å². The minimum atomic E-state index is 0. The maximum Gasteiger partial charge on any atom is 0.193 e. The van der Waals surface area contributed by atoms with Crippen LogP contribution < -0.4 is 5.32 Å². The fourth-order valence-corrected chi connectivity index (χ4v) is 3.92. The number of halogens is 1. The Balaban J connectivity index is 0.00000225. The van der Waals surface area contributed by atoms with Crippen molar-refractivity contribution in [3.8, 4) is 0 Å². The van der Waals surface area contributed by atoms with Crippen molar-refractivity contribution >= 4 is 29.9 Å². The molecule has 0 spiro atoms. The molecule has 2 atom stereocenters. The van der Waals surface area contributed by atoms with E-state index >= 15 is 0 Å². The molecule has 1 aromatic heterocycles. The van der Waals surface area contributed by atoms with E-state index in [1.807, 2.05) is 13.1 Å². The summed E-state index contributed by atoms with van der Waals surface area (Å²) in [5.74, 6) is 2.70. The topological polar surface area (TPSA) is 56.9 Å². The zero-order valence-electron chi connectivity index (χ0n) is 15.5. The second kappa shape index (κ2) is 10.4. The first kappa shape index (κ1) is 20.5. The van der Waals surface area contributed by atoms with Gasteiger partial charge in [-0.05, 0) is 18.3 Å². The summed E-state index contributed by atoms with van der Waals surface area (Å²) in [5.41, 5.74) is 1.01. The fraction of sp³-hybridized carbons (Fsp3) is 0.778. The van der Waals surface area contributed by atoms with Crippen molar-refractivity contribution in [3.05, 3.63) is 18.0 Å². The molecule has 0 radical (unpaired) electrons. The number of nitrogens with zero attached hydrogens (tertiary/aromatic N) is 4. The number of nitrogens with one attached hydrogen (secondary N) is 1. The Kier molecular flexibility index (Phi) is 8.48. The molecule has 25 heavy (non-hydrogen) atoms. The molecule has 142 valence electrons. The third-order valence-corrected chi connectivity index (χ3v) is 5.57. The molecule has 2 unspecified atom stereocenters. The van der Waals surface area contributed by atoms with Crippen LogP contribution in [0.4, 0.5) is 0 Å². The lowest BCUT2D eigenvalue weighted by atomic mass is 9.80. The lowest BCUT2D eigenvalue weighted by Gasteiger charge is -2.37. The molecule has 1 aromatic rings. The van der Waals surface area contributed by atoms with Crippen LogP contribution in [0.3, 0.4) is 0 Å². The van der Waals surface area contributed by atoms with Gasteiger partial charge in [0.15, 0.2) is 5.96 Å². The van der Waals surface area contributed by atoms with E-state index in [1.54, 1.807) is 6.26 Å². The quantitative estimate of drug-likeness (QED) is 0.425. The SMILES string of the molecule is CN=C(NCC1CCCCC1C)N1CCN(Cc2ccon2)CC1.I. The first-order valence-electron chi connectivity index (χ1n) is 9.33. The number of guanidine groups is 1. The highest BCUT2D eigenvalue weighted by molar-refractivity contribution is 14.0. The Labute approximate surface area is 168 Å². The minimum absolute atomic E-state index is 0. The summed E-state index contributed by atoms with van der Waals surface area (Å²) in [4.78, 5) is 9.31. The number of hydrogen-bond donors (Lipinski definition) is 1. The Morgan fingerprint density at radius 3 is 2.68 bits per heavy atom. The second-order valence-corrected chi connectivity index (χ2v) is 7.20. The van der Waals surface area contributed by atoms with Crippen molar-refractivity contribution in [1.29, 1.82) is 0 Å². The molecule has 2 fully saturated rings. The van der Waals surface area contributed by atoms with Crippen molar-refractivity contribution in [2.45, 2.75) is 39.2 Å². The zero-order chi connectivity index (χ0) is 16.8. The monoisotopic (exact) mass is 461 g/mol. The number of hydrogen-bond acceptors (Lipinski definition) is 4. The van der Waals surface area contributed by atoms with Crippen LogP contribution in [0.5, 0.6) is 0 Å². The maximum absolute atomic E-state index is 4.91. The highest BCUT2D eigenvalue weighted by Crippen LogP contribution is 2.28. The summed E-state index contributed by atoms with van der Waals surface area (Å²) < 4.78 is 4.91. The normalized spacial score (nSPS) is 25.5. The molecule has 0 amide bonds. The molecule has 2 aliphatic rings. The molecule has 1 aliphatic heterocycles. The van der Waals surface area contributed by atoms with Crippen molar-refractivity contribution < 1.29 is 4.52 Å². The molecule has 2 heterocycles. The number of piperazine rings is 1. The second-order valence-electron chi connectivity index (χ2n) is 7.20. The molecule has 0 bridgehead atoms. The van der Waals surface area contributed by atoms with Crippen LogP contribution in [0.25, 0.3) is 0 Å². The molecule has 3 rings (SSSR count). The predicted molar refractivity (Wildman–Crippen MR) is 111 cm³/mol. The number of aromatic nitrogens is 1. The van der Waals surface area contributed by atoms with E-state index in [1.165, 1.54) is 25.7 Å². The smallest absolute Gasteiger partial charge is 0.193 e. The van der Waals surface area contributed by atoms with Crippen LogP contribution >= 0.6 is 24.0 Å². The third-order valence-electron chi connectivity index (χ3n) is 5.57. The summed E-state index contributed by atoms with van der Waals surface area (Å²) in [7, 11) is 1.90. The van der Waals surface area contributed by atoms with E-state index < -0.39 is 0 Å². The predicted octanol–water partition coefficient (Wildman–Crippen LogP) is 2.81. The molecular weight excluding hydrogens is 429 g/mol. The molecule has 1 saturated heterocycles. The van der Waals surface area contributed by atoms with Gasteiger partial charge in [0.2, 0.25) is 0 Å². The van der Waals surface area contributed by atoms with Crippen LogP contribution in [0.15, 0.2) is 21.8 Å². The van der Waals surface area contributed by atoms with Crippen molar-refractivity contribution in [2.75, 3.05) is 39.8 Å². The Bertz CT molecular complexity index is 514. The summed E-state index contributed by atoms with van der Waals surface area (Å²) >= 11 is 0. The van der Waals surface area contributed by atoms with Crippen LogP contribution in [0, 0.1) is 11.8 Å². The summed E-state index contributed by atoms with van der Waals surface area (Å²) in [6.45, 7) is 8.43. The lowest BCUT2D eigenvalue weighted by molar-refractivity contribution is 0.167. The Hall–Kier alpha value is -0.830. The summed E-state index contributed by atoms with van der Waals surface area (Å²) in [6, 6.07) is 1.94. The fourth-order valence-electron chi connectivity index (χ4n) is 3.92. The van der Waals surface area contributed by atoms with E-state index in [4.69, 9.17) is 4.52 Å². The van der Waals surface area contributed by atoms with Crippen molar-refractivity contribution in [1.82, 2.24) is 20.3 Å². The standard InChI is InChI=1S/C18H31N5O.HI/c1-15-5-3-4-6-16(15)13-20-18(19-2)23-10-8-22(9-11-23)14-17-7-12-24-21-17;/h7,12,15-16H,3-6,8-11,13-14H2,1-2H3,(H,19,20);1H. The van der Waals surface area contributed by atoms with Gasteiger partial charge >= 0.3 is 0 Å². The van der Waals surface area contributed by atoms with E-state index in [0.717, 1.165) is 62.8 Å². The summed E-state index contributed by atoms with van der Waals surface area (Å²) in [6.07, 6.45) is 7.17. The minimum Gasteiger partial charge on any atom is -0.364 e. The molecule has 6 nitrogen and oxygen atoms in total. The van der Waals surface area contributed by atoms with Gasteiger partial charge in [-0.2, -0.15) is 0 Å². The van der Waals surface area contributed by atoms with Crippen LogP contribution in [-0.4, -0.2) is 60.7 Å². The van der Waals surface area contributed by atoms with Gasteiger partial charge in [-0.25, -0.2) is 0 Å². The van der Waals surface area contributed by atoms with Gasteiger partial charge in [0.1, 0.15) is 6.26 Å². The Morgan fingerprint density at radius 2 is 2.04 bits per heavy atom. The average Bonchev–Trinajstić information content (AvgIpc) is 3.11. The largest absolute Gasteiger partial charge is 0.364 e. The van der Waals surface area contributed by atoms with Crippen LogP contribution in [0.2, 0.25) is 0 Å². The number of rotatable bonds is 4. The molecule has 1 saturated carbocycles. The molecule has 7 heteroatoms. The van der Waals surface area contributed by atoms with Crippen molar-refractivity contribution in [3.63, 3.8) is 0 Å². The van der Waals surface area contributed by atoms with Gasteiger partial charge in [0.05, 0.1) is 5.69 Å².